The monoisotopic (exact) mass is 361 g/mol. The van der Waals surface area contributed by atoms with E-state index >= 15 is 0 Å². The SMILES string of the molecule is Cc1cccnc1C(NC(=O)C1CCCC(N)C1)C(C)C.Cl.Cl. The molecule has 23 heavy (non-hydrogen) atoms. The number of nitrogens with one attached hydrogen (secondary N) is 1. The van der Waals surface area contributed by atoms with Gasteiger partial charge in [0.25, 0.3) is 0 Å². The Bertz CT molecular complexity index is 496. The van der Waals surface area contributed by atoms with Crippen LogP contribution < -0.4 is 11.1 Å². The van der Waals surface area contributed by atoms with Crippen LogP contribution in [-0.4, -0.2) is 16.9 Å². The predicted molar refractivity (Wildman–Crippen MR) is 99.1 cm³/mol. The highest BCUT2D eigenvalue weighted by Crippen LogP contribution is 2.27. The van der Waals surface area contributed by atoms with Crippen molar-refractivity contribution in [1.29, 1.82) is 0 Å². The molecule has 1 aromatic rings. The lowest BCUT2D eigenvalue weighted by Gasteiger charge is -2.29. The molecule has 1 fully saturated rings. The summed E-state index contributed by atoms with van der Waals surface area (Å²) in [7, 11) is 0. The summed E-state index contributed by atoms with van der Waals surface area (Å²) in [4.78, 5) is 17.0. The molecule has 1 amide bonds. The lowest BCUT2D eigenvalue weighted by Crippen LogP contribution is -2.41. The molecule has 0 bridgehead atoms. The Labute approximate surface area is 151 Å². The van der Waals surface area contributed by atoms with Crippen LogP contribution in [0.3, 0.4) is 0 Å². The molecule has 0 radical (unpaired) electrons. The Morgan fingerprint density at radius 1 is 1.35 bits per heavy atom. The third-order valence-electron chi connectivity index (χ3n) is 4.39. The van der Waals surface area contributed by atoms with Crippen molar-refractivity contribution in [2.24, 2.45) is 17.6 Å². The van der Waals surface area contributed by atoms with Gasteiger partial charge in [0.1, 0.15) is 0 Å². The Kier molecular flexibility index (Phi) is 9.74. The zero-order valence-corrected chi connectivity index (χ0v) is 15.8. The average Bonchev–Trinajstić information content (AvgIpc) is 2.45. The van der Waals surface area contributed by atoms with Crippen molar-refractivity contribution in [1.82, 2.24) is 10.3 Å². The zero-order chi connectivity index (χ0) is 15.4. The van der Waals surface area contributed by atoms with Crippen molar-refractivity contribution >= 4 is 30.7 Å². The zero-order valence-electron chi connectivity index (χ0n) is 14.1. The van der Waals surface area contributed by atoms with Crippen molar-refractivity contribution in [2.45, 2.75) is 58.5 Å². The number of amides is 1. The van der Waals surface area contributed by atoms with Gasteiger partial charge in [0.05, 0.1) is 11.7 Å². The molecule has 1 aliphatic rings. The Morgan fingerprint density at radius 2 is 2.04 bits per heavy atom. The first-order valence-electron chi connectivity index (χ1n) is 7.96. The van der Waals surface area contributed by atoms with Crippen LogP contribution in [0.4, 0.5) is 0 Å². The summed E-state index contributed by atoms with van der Waals surface area (Å²) in [5.74, 6) is 0.493. The largest absolute Gasteiger partial charge is 0.347 e. The van der Waals surface area contributed by atoms with Crippen molar-refractivity contribution in [3.63, 3.8) is 0 Å². The molecule has 4 nitrogen and oxygen atoms in total. The summed E-state index contributed by atoms with van der Waals surface area (Å²) in [6, 6.07) is 4.11. The summed E-state index contributed by atoms with van der Waals surface area (Å²) in [6.07, 6.45) is 5.63. The minimum Gasteiger partial charge on any atom is -0.347 e. The van der Waals surface area contributed by atoms with Gasteiger partial charge < -0.3 is 11.1 Å². The van der Waals surface area contributed by atoms with Gasteiger partial charge in [-0.3, -0.25) is 9.78 Å². The second-order valence-electron chi connectivity index (χ2n) is 6.56. The number of hydrogen-bond acceptors (Lipinski definition) is 3. The third-order valence-corrected chi connectivity index (χ3v) is 4.39. The van der Waals surface area contributed by atoms with Crippen molar-refractivity contribution in [3.8, 4) is 0 Å². The van der Waals surface area contributed by atoms with Crippen molar-refractivity contribution < 1.29 is 4.79 Å². The second kappa shape index (κ2) is 10.1. The predicted octanol–water partition coefficient (Wildman–Crippen LogP) is 3.56. The van der Waals surface area contributed by atoms with E-state index in [1.54, 1.807) is 6.20 Å². The molecule has 0 aliphatic heterocycles. The maximum Gasteiger partial charge on any atom is 0.223 e. The number of carbonyl (C=O) groups excluding carboxylic acids is 1. The maximum absolute atomic E-state index is 12.5. The van der Waals surface area contributed by atoms with E-state index in [2.05, 4.69) is 24.1 Å². The van der Waals surface area contributed by atoms with Crippen LogP contribution in [-0.2, 0) is 4.79 Å². The topological polar surface area (TPSA) is 68.0 Å². The second-order valence-corrected chi connectivity index (χ2v) is 6.56. The summed E-state index contributed by atoms with van der Waals surface area (Å²) >= 11 is 0. The van der Waals surface area contributed by atoms with E-state index in [0.717, 1.165) is 36.9 Å². The van der Waals surface area contributed by atoms with Crippen LogP contribution >= 0.6 is 24.8 Å². The summed E-state index contributed by atoms with van der Waals surface area (Å²) in [6.45, 7) is 6.28. The van der Waals surface area contributed by atoms with Gasteiger partial charge in [0, 0.05) is 18.2 Å². The van der Waals surface area contributed by atoms with E-state index in [9.17, 15) is 4.79 Å². The molecule has 0 spiro atoms. The molecule has 0 saturated heterocycles. The first-order valence-corrected chi connectivity index (χ1v) is 7.96. The molecule has 3 N–H and O–H groups in total. The van der Waals surface area contributed by atoms with Crippen LogP contribution in [0.25, 0.3) is 0 Å². The Morgan fingerprint density at radius 3 is 2.61 bits per heavy atom. The Balaban J connectivity index is 0.00000242. The number of carbonyl (C=O) groups is 1. The number of pyridine rings is 1. The fourth-order valence-corrected chi connectivity index (χ4v) is 3.11. The Hall–Kier alpha value is -0.840. The summed E-state index contributed by atoms with van der Waals surface area (Å²) < 4.78 is 0. The molecule has 0 aromatic carbocycles. The fourth-order valence-electron chi connectivity index (χ4n) is 3.11. The van der Waals surface area contributed by atoms with Crippen molar-refractivity contribution in [3.05, 3.63) is 29.6 Å². The number of aryl methyl sites for hydroxylation is 1. The quantitative estimate of drug-likeness (QED) is 0.861. The number of aromatic nitrogens is 1. The first kappa shape index (κ1) is 22.2. The van der Waals surface area contributed by atoms with E-state index in [-0.39, 0.29) is 48.7 Å². The van der Waals surface area contributed by atoms with Gasteiger partial charge in [-0.15, -0.1) is 24.8 Å². The number of nitrogens with zero attached hydrogens (tertiary/aromatic N) is 1. The van der Waals surface area contributed by atoms with Crippen LogP contribution in [0.15, 0.2) is 18.3 Å². The van der Waals surface area contributed by atoms with E-state index in [1.165, 1.54) is 0 Å². The third kappa shape index (κ3) is 5.94. The molecule has 1 saturated carbocycles. The summed E-state index contributed by atoms with van der Waals surface area (Å²) in [5, 5.41) is 3.21. The number of rotatable bonds is 4. The maximum atomic E-state index is 12.5. The first-order chi connectivity index (χ1) is 9.99. The van der Waals surface area contributed by atoms with E-state index in [4.69, 9.17) is 5.73 Å². The van der Waals surface area contributed by atoms with E-state index < -0.39 is 0 Å². The molecule has 3 unspecified atom stereocenters. The van der Waals surface area contributed by atoms with Gasteiger partial charge in [0.15, 0.2) is 0 Å². The number of hydrogen-bond donors (Lipinski definition) is 2. The van der Waals surface area contributed by atoms with Gasteiger partial charge in [0.2, 0.25) is 5.91 Å². The van der Waals surface area contributed by atoms with Gasteiger partial charge >= 0.3 is 0 Å². The molecular formula is C17H29Cl2N3O. The van der Waals surface area contributed by atoms with Crippen LogP contribution in [0, 0.1) is 18.8 Å². The molecule has 3 atom stereocenters. The van der Waals surface area contributed by atoms with Gasteiger partial charge in [-0.05, 0) is 43.7 Å². The lowest BCUT2D eigenvalue weighted by atomic mass is 9.85. The highest BCUT2D eigenvalue weighted by atomic mass is 35.5. The standard InChI is InChI=1S/C17H27N3O.2ClH/c1-11(2)15(16-12(3)6-5-9-19-16)20-17(21)13-7-4-8-14(18)10-13;;/h5-6,9,11,13-15H,4,7-8,10,18H2,1-3H3,(H,20,21);2*1H. The molecule has 2 rings (SSSR count). The van der Waals surface area contributed by atoms with Crippen LogP contribution in [0.2, 0.25) is 0 Å². The van der Waals surface area contributed by atoms with Gasteiger partial charge in [-0.2, -0.15) is 0 Å². The highest BCUT2D eigenvalue weighted by Gasteiger charge is 2.29. The summed E-state index contributed by atoms with van der Waals surface area (Å²) in [5.41, 5.74) is 8.09. The van der Waals surface area contributed by atoms with Crippen LogP contribution in [0.1, 0.15) is 56.8 Å². The normalized spacial score (nSPS) is 21.8. The van der Waals surface area contributed by atoms with Crippen molar-refractivity contribution in [2.75, 3.05) is 0 Å². The van der Waals surface area contributed by atoms with Crippen LogP contribution in [0.5, 0.6) is 0 Å². The van der Waals surface area contributed by atoms with Gasteiger partial charge in [-0.25, -0.2) is 0 Å². The lowest BCUT2D eigenvalue weighted by molar-refractivity contribution is -0.127. The number of nitrogens with two attached hydrogens (primary N) is 1. The minimum atomic E-state index is -0.0307. The minimum absolute atomic E-state index is 0. The molecule has 1 aromatic heterocycles. The average molecular weight is 362 g/mol. The molecular weight excluding hydrogens is 333 g/mol. The fraction of sp³-hybridized carbons (Fsp3) is 0.647. The molecule has 6 heteroatoms. The molecule has 1 aliphatic carbocycles. The van der Waals surface area contributed by atoms with E-state index in [1.807, 2.05) is 19.1 Å². The molecule has 132 valence electrons. The number of halogens is 2. The molecule has 1 heterocycles. The smallest absolute Gasteiger partial charge is 0.223 e. The van der Waals surface area contributed by atoms with E-state index in [0.29, 0.717) is 5.92 Å². The highest BCUT2D eigenvalue weighted by molar-refractivity contribution is 5.85. The van der Waals surface area contributed by atoms with Gasteiger partial charge in [-0.1, -0.05) is 26.3 Å².